The molecule has 0 fully saturated rings. The Kier molecular flexibility index (Phi) is 20.8. The molecule has 528 valence electrons. The number of nitrogens with two attached hydrogens (primary N) is 3. The van der Waals surface area contributed by atoms with Crippen LogP contribution < -0.4 is 49.1 Å². The van der Waals surface area contributed by atoms with Crippen LogP contribution in [0, 0.1) is 20.8 Å². The molecule has 104 heavy (non-hydrogen) atoms. The summed E-state index contributed by atoms with van der Waals surface area (Å²) in [6, 6.07) is 56.0. The molecule has 23 heteroatoms. The zero-order valence-electron chi connectivity index (χ0n) is 56.9. The van der Waals surface area contributed by atoms with Gasteiger partial charge in [-0.05, 0) is 145 Å². The van der Waals surface area contributed by atoms with Gasteiger partial charge >= 0.3 is 12.1 Å². The third-order valence-electron chi connectivity index (χ3n) is 18.5. The van der Waals surface area contributed by atoms with E-state index in [1.54, 1.807) is 72.8 Å². The number of nitrogen functional groups attached to an aromatic ring is 3. The summed E-state index contributed by atoms with van der Waals surface area (Å²) >= 11 is 0. The first-order chi connectivity index (χ1) is 49.9. The third kappa shape index (κ3) is 16.4. The predicted molar refractivity (Wildman–Crippen MR) is 397 cm³/mol. The number of hydrogen-bond acceptors (Lipinski definition) is 11. The topological polar surface area (TPSA) is 326 Å². The van der Waals surface area contributed by atoms with Crippen molar-refractivity contribution in [1.82, 2.24) is 30.9 Å². The number of ether oxygens (including phenoxy) is 1. The summed E-state index contributed by atoms with van der Waals surface area (Å²) in [6.07, 6.45) is -5.70. The van der Waals surface area contributed by atoms with E-state index >= 15 is 13.2 Å². The summed E-state index contributed by atoms with van der Waals surface area (Å²) in [7, 11) is 0. The van der Waals surface area contributed by atoms with Crippen molar-refractivity contribution in [3.05, 3.63) is 286 Å². The van der Waals surface area contributed by atoms with Crippen LogP contribution in [0.25, 0.3) is 32.7 Å². The van der Waals surface area contributed by atoms with Crippen molar-refractivity contribution in [3.63, 3.8) is 0 Å². The molecule has 3 aromatic heterocycles. The Hall–Kier alpha value is -12.9. The number of carbonyl (C=O) groups is 7. The normalized spacial score (nSPS) is 12.4. The number of hydrogen-bond donors (Lipinski definition) is 12. The molecule has 0 aliphatic carbocycles. The van der Waals surface area contributed by atoms with E-state index in [-0.39, 0.29) is 72.3 Å². The molecule has 0 bridgehead atoms. The van der Waals surface area contributed by atoms with Gasteiger partial charge in [0, 0.05) is 120 Å². The molecular weight excluding hydrogens is 1330 g/mol. The number of halogens is 3. The van der Waals surface area contributed by atoms with Crippen LogP contribution in [-0.2, 0) is 82.4 Å². The number of aromatic nitrogens is 3. The van der Waals surface area contributed by atoms with E-state index in [0.29, 0.717) is 33.8 Å². The molecule has 3 heterocycles. The number of H-pyrrole nitrogens is 3. The Morgan fingerprint density at radius 1 is 0.375 bits per heavy atom. The van der Waals surface area contributed by atoms with Crippen molar-refractivity contribution in [2.75, 3.05) is 33.2 Å². The summed E-state index contributed by atoms with van der Waals surface area (Å²) in [5, 5.41) is 19.8. The van der Waals surface area contributed by atoms with Crippen molar-refractivity contribution in [2.45, 2.75) is 89.2 Å². The van der Waals surface area contributed by atoms with Gasteiger partial charge in [-0.3, -0.25) is 28.8 Å². The van der Waals surface area contributed by atoms with Gasteiger partial charge < -0.3 is 68.8 Å². The predicted octanol–water partition coefficient (Wildman–Crippen LogP) is 11.9. The first kappa shape index (κ1) is 70.9. The smallest absolute Gasteiger partial charge is 0.438 e. The van der Waals surface area contributed by atoms with Crippen molar-refractivity contribution < 1.29 is 51.5 Å². The fourth-order valence-corrected chi connectivity index (χ4v) is 13.1. The molecule has 15 N–H and O–H groups in total. The van der Waals surface area contributed by atoms with Crippen molar-refractivity contribution in [2.24, 2.45) is 0 Å². The minimum Gasteiger partial charge on any atom is -0.438 e. The number of esters is 1. The monoisotopic (exact) mass is 1400 g/mol. The molecule has 0 radical (unpaired) electrons. The summed E-state index contributed by atoms with van der Waals surface area (Å²) in [5.41, 5.74) is 26.2. The molecule has 0 saturated heterocycles. The van der Waals surface area contributed by atoms with Gasteiger partial charge in [-0.1, -0.05) is 127 Å². The molecule has 0 spiro atoms. The summed E-state index contributed by atoms with van der Waals surface area (Å²) in [6.45, 7) is 5.56. The van der Waals surface area contributed by atoms with Crippen molar-refractivity contribution in [3.8, 4) is 0 Å². The lowest BCUT2D eigenvalue weighted by atomic mass is 9.79. The van der Waals surface area contributed by atoms with Crippen LogP contribution in [0.3, 0.4) is 0 Å². The highest BCUT2D eigenvalue weighted by molar-refractivity contribution is 6.01. The van der Waals surface area contributed by atoms with E-state index in [9.17, 15) is 33.6 Å². The Morgan fingerprint density at radius 2 is 0.635 bits per heavy atom. The zero-order valence-corrected chi connectivity index (χ0v) is 56.9. The van der Waals surface area contributed by atoms with Crippen LogP contribution in [0.4, 0.5) is 47.3 Å². The third-order valence-corrected chi connectivity index (χ3v) is 18.5. The number of anilines is 6. The highest BCUT2D eigenvalue weighted by Crippen LogP contribution is 2.44. The summed E-state index contributed by atoms with van der Waals surface area (Å²) in [5.74, 6) is -5.91. The van der Waals surface area contributed by atoms with Gasteiger partial charge in [0.05, 0.1) is 19.3 Å². The van der Waals surface area contributed by atoms with Gasteiger partial charge in [0.1, 0.15) is 18.1 Å². The van der Waals surface area contributed by atoms with E-state index < -0.39 is 71.3 Å². The second-order valence-electron chi connectivity index (χ2n) is 25.8. The van der Waals surface area contributed by atoms with Crippen LogP contribution in [0.2, 0.25) is 0 Å². The van der Waals surface area contributed by atoms with Crippen LogP contribution in [-0.4, -0.2) is 80.7 Å². The van der Waals surface area contributed by atoms with Gasteiger partial charge in [-0.25, -0.2) is 4.79 Å². The lowest BCUT2D eigenvalue weighted by Crippen LogP contribution is -2.46. The molecule has 0 unspecified atom stereocenters. The van der Waals surface area contributed by atoms with Gasteiger partial charge in [-0.15, -0.1) is 0 Å². The molecule has 0 aliphatic rings. The number of rotatable bonds is 25. The maximum atomic E-state index is 15.0. The van der Waals surface area contributed by atoms with E-state index in [2.05, 4.69) is 46.9 Å². The molecule has 9 aromatic carbocycles. The van der Waals surface area contributed by atoms with Crippen LogP contribution in [0.15, 0.2) is 218 Å². The number of aryl methyl sites for hydroxylation is 3. The average molecular weight is 1400 g/mol. The first-order valence-electron chi connectivity index (χ1n) is 33.6. The average Bonchev–Trinajstić information content (AvgIpc) is 1.04. The number of fused-ring (bicyclic) bond motifs is 3. The van der Waals surface area contributed by atoms with Gasteiger partial charge in [-0.2, -0.15) is 13.2 Å². The molecule has 0 saturated carbocycles. The van der Waals surface area contributed by atoms with Gasteiger partial charge in [0.2, 0.25) is 35.4 Å². The van der Waals surface area contributed by atoms with E-state index in [4.69, 9.17) is 21.9 Å². The maximum absolute atomic E-state index is 15.0. The van der Waals surface area contributed by atoms with E-state index in [0.717, 1.165) is 66.5 Å². The fraction of sp³-hybridized carbons (Fsp3) is 0.173. The number of alkyl halides is 3. The lowest BCUT2D eigenvalue weighted by Gasteiger charge is -2.36. The Labute approximate surface area is 595 Å². The summed E-state index contributed by atoms with van der Waals surface area (Å²) < 4.78 is 50.9. The Bertz CT molecular complexity index is 4680. The second kappa shape index (κ2) is 30.5. The van der Waals surface area contributed by atoms with Crippen molar-refractivity contribution in [1.29, 1.82) is 0 Å². The zero-order chi connectivity index (χ0) is 73.4. The Balaban J connectivity index is 0.873. The van der Waals surface area contributed by atoms with E-state index in [1.165, 1.54) is 72.8 Å². The number of carbonyl (C=O) groups excluding carboxylic acids is 7. The van der Waals surface area contributed by atoms with E-state index in [1.807, 2.05) is 93.6 Å². The molecular formula is C81H75F3N12O8. The Morgan fingerprint density at radius 3 is 0.894 bits per heavy atom. The number of nitrogens with one attached hydrogen (secondary N) is 9. The number of para-hydroxylation sites is 3. The highest BCUT2D eigenvalue weighted by Gasteiger charge is 2.49. The highest BCUT2D eigenvalue weighted by atomic mass is 19.4. The molecule has 20 nitrogen and oxygen atoms in total. The van der Waals surface area contributed by atoms with Crippen LogP contribution in [0.1, 0.15) is 67.2 Å². The molecule has 0 aliphatic heterocycles. The molecule has 12 aromatic rings. The quantitative estimate of drug-likeness (QED) is 0.0145. The maximum Gasteiger partial charge on any atom is 0.490 e. The SMILES string of the molecule is Cc1[nH]c2ccccc2c1CC(=O)N[C@@H](Cc1ccc(N)cc1)C(=O)Nc1ccc(C(OC(=O)C(F)(F)F)(c2ccc(NC(=O)[C@H](Cc3ccc(N)cc3)NC(=O)Cc3c(C)[nH]c4ccccc34)cc2)c2ccc(NC(=O)[C@H](Cc3ccc(N)cc3)NC(=O)Cc3c(C)[nH]c4ccccc34)cc2)cc1. The fourth-order valence-electron chi connectivity index (χ4n) is 13.1. The van der Waals surface area contributed by atoms with Crippen molar-refractivity contribution >= 4 is 108 Å². The lowest BCUT2D eigenvalue weighted by molar-refractivity contribution is -0.209. The minimum absolute atomic E-state index is 0.0268. The molecule has 12 rings (SSSR count). The number of amides is 6. The minimum atomic E-state index is -5.58. The van der Waals surface area contributed by atoms with Crippen LogP contribution >= 0.6 is 0 Å². The first-order valence-corrected chi connectivity index (χ1v) is 33.6. The second-order valence-corrected chi connectivity index (χ2v) is 25.8. The largest absolute Gasteiger partial charge is 0.490 e. The van der Waals surface area contributed by atoms with Crippen LogP contribution in [0.5, 0.6) is 0 Å². The molecule has 3 atom stereocenters. The molecule has 6 amide bonds. The standard InChI is InChI=1S/C81H75F3N12O8/c1-46-64(61-10-4-7-13-67(61)88-46)43-73(97)94-70(40-49-16-28-55(85)29-17-49)76(100)91-58-34-22-52(23-35-58)80(104-79(103)81(82,83)84,53-24-36-59(37-25-53)92-77(101)71(41-50-18-30-56(86)31-19-50)95-74(98)44-65-47(2)89-68-14-8-5-11-62(65)68)54-26-38-60(39-27-54)93-78(102)72(42-51-20-32-57(87)33-21-51)96-75(99)45-66-48(3)90-69-15-9-6-12-63(66)69/h4-39,70-72,88-90H,40-45,85-87H2,1-3H3,(H,91,100)(H,92,101)(H,93,102)(H,94,97)(H,95,98)(H,96,99)/t70-,71-,72-/m0/s1. The van der Waals surface area contributed by atoms with Gasteiger partial charge in [0.15, 0.2) is 5.60 Å². The summed E-state index contributed by atoms with van der Waals surface area (Å²) in [4.78, 5) is 109. The van der Waals surface area contributed by atoms with Gasteiger partial charge in [0.25, 0.3) is 0 Å². The number of benzene rings is 9. The number of aromatic amines is 3.